The fraction of sp³-hybridized carbons (Fsp3) is 0.143. The Kier molecular flexibility index (Phi) is 3.67. The van der Waals surface area contributed by atoms with Crippen LogP contribution in [0.25, 0.3) is 4.96 Å². The molecule has 2 aromatic heterocycles. The first kappa shape index (κ1) is 14.7. The molecule has 0 saturated heterocycles. The van der Waals surface area contributed by atoms with E-state index in [4.69, 9.17) is 16.7 Å². The smallest absolute Gasteiger partial charge is 0.347 e. The number of nitrogens with zero attached hydrogens (tertiary/aromatic N) is 3. The average molecular weight is 336 g/mol. The van der Waals surface area contributed by atoms with Gasteiger partial charge in [0.2, 0.25) is 4.96 Å². The fourth-order valence-electron chi connectivity index (χ4n) is 2.08. The largest absolute Gasteiger partial charge is 0.477 e. The lowest BCUT2D eigenvalue weighted by molar-refractivity contribution is 0.0701. The van der Waals surface area contributed by atoms with E-state index in [9.17, 15) is 9.59 Å². The van der Waals surface area contributed by atoms with Crippen LogP contribution in [0.5, 0.6) is 0 Å². The zero-order chi connectivity index (χ0) is 15.9. The predicted octanol–water partition coefficient (Wildman–Crippen LogP) is 2.40. The molecule has 3 aromatic rings. The zero-order valence-electron chi connectivity index (χ0n) is 11.4. The summed E-state index contributed by atoms with van der Waals surface area (Å²) in [7, 11) is 0. The monoisotopic (exact) mass is 335 g/mol. The molecule has 0 unspecified atom stereocenters. The maximum atomic E-state index is 12.1. The number of fused-ring (bicyclic) bond motifs is 1. The van der Waals surface area contributed by atoms with Gasteiger partial charge >= 0.3 is 5.97 Å². The standard InChI is InChI=1S/C14H10ClN3O3S/c1-7-11(13(20)21)22-14-16-12(19)10(17-18(7)14)6-8-4-2-3-5-9(8)15/h2-5H,6H2,1H3,(H,20,21). The van der Waals surface area contributed by atoms with Gasteiger partial charge in [-0.1, -0.05) is 41.1 Å². The van der Waals surface area contributed by atoms with Crippen molar-refractivity contribution in [1.29, 1.82) is 0 Å². The number of halogens is 1. The van der Waals surface area contributed by atoms with E-state index in [-0.39, 0.29) is 22.0 Å². The topological polar surface area (TPSA) is 84.6 Å². The summed E-state index contributed by atoms with van der Waals surface area (Å²) in [5.74, 6) is -1.06. The Labute approximate surface area is 133 Å². The second kappa shape index (κ2) is 5.51. The third-order valence-electron chi connectivity index (χ3n) is 3.20. The van der Waals surface area contributed by atoms with Gasteiger partial charge in [0.15, 0.2) is 0 Å². The van der Waals surface area contributed by atoms with E-state index >= 15 is 0 Å². The average Bonchev–Trinajstić information content (AvgIpc) is 2.78. The molecule has 6 nitrogen and oxygen atoms in total. The van der Waals surface area contributed by atoms with Crippen molar-refractivity contribution in [2.45, 2.75) is 13.3 Å². The maximum absolute atomic E-state index is 12.1. The Morgan fingerprint density at radius 3 is 2.82 bits per heavy atom. The quantitative estimate of drug-likeness (QED) is 0.794. The van der Waals surface area contributed by atoms with Gasteiger partial charge in [-0.15, -0.1) is 0 Å². The molecule has 0 fully saturated rings. The van der Waals surface area contributed by atoms with Crippen LogP contribution in [-0.2, 0) is 6.42 Å². The molecule has 3 rings (SSSR count). The highest BCUT2D eigenvalue weighted by molar-refractivity contribution is 7.18. The van der Waals surface area contributed by atoms with E-state index in [2.05, 4.69) is 10.1 Å². The fourth-order valence-corrected chi connectivity index (χ4v) is 3.18. The van der Waals surface area contributed by atoms with Crippen molar-refractivity contribution in [3.05, 3.63) is 61.5 Å². The minimum absolute atomic E-state index is 0.120. The third-order valence-corrected chi connectivity index (χ3v) is 4.69. The lowest BCUT2D eigenvalue weighted by atomic mass is 10.1. The summed E-state index contributed by atoms with van der Waals surface area (Å²) in [6.45, 7) is 1.63. The van der Waals surface area contributed by atoms with Crippen molar-refractivity contribution < 1.29 is 9.90 Å². The van der Waals surface area contributed by atoms with Gasteiger partial charge in [0.05, 0.1) is 5.69 Å². The van der Waals surface area contributed by atoms with Crippen LogP contribution in [-0.4, -0.2) is 25.7 Å². The van der Waals surface area contributed by atoms with Crippen molar-refractivity contribution in [2.24, 2.45) is 0 Å². The number of aryl methyl sites for hydroxylation is 1. The van der Waals surface area contributed by atoms with Gasteiger partial charge < -0.3 is 5.11 Å². The number of carboxylic acids is 1. The highest BCUT2D eigenvalue weighted by atomic mass is 35.5. The van der Waals surface area contributed by atoms with Crippen LogP contribution in [0.15, 0.2) is 29.1 Å². The molecule has 2 heterocycles. The summed E-state index contributed by atoms with van der Waals surface area (Å²) in [5, 5.41) is 13.9. The molecule has 0 saturated carbocycles. The number of carbonyl (C=O) groups is 1. The van der Waals surface area contributed by atoms with Gasteiger partial charge in [0.1, 0.15) is 10.6 Å². The van der Waals surface area contributed by atoms with Crippen LogP contribution in [0.1, 0.15) is 26.6 Å². The Hall–Kier alpha value is -2.25. The summed E-state index contributed by atoms with van der Waals surface area (Å²) in [5.41, 5.74) is 0.962. The number of benzene rings is 1. The second-order valence-electron chi connectivity index (χ2n) is 4.65. The van der Waals surface area contributed by atoms with Gasteiger partial charge in [-0.25, -0.2) is 9.31 Å². The van der Waals surface area contributed by atoms with E-state index in [1.165, 1.54) is 4.52 Å². The molecule has 0 radical (unpaired) electrons. The van der Waals surface area contributed by atoms with Crippen LogP contribution >= 0.6 is 22.9 Å². The molecule has 112 valence electrons. The van der Waals surface area contributed by atoms with Crippen LogP contribution < -0.4 is 5.56 Å². The van der Waals surface area contributed by atoms with Crippen LogP contribution in [0.2, 0.25) is 5.02 Å². The van der Waals surface area contributed by atoms with E-state index in [0.29, 0.717) is 10.7 Å². The zero-order valence-corrected chi connectivity index (χ0v) is 13.0. The van der Waals surface area contributed by atoms with E-state index in [0.717, 1.165) is 16.9 Å². The minimum Gasteiger partial charge on any atom is -0.477 e. The Morgan fingerprint density at radius 2 is 2.14 bits per heavy atom. The summed E-state index contributed by atoms with van der Waals surface area (Å²) < 4.78 is 1.39. The molecule has 8 heteroatoms. The number of carboxylic acid groups (broad SMARTS) is 1. The molecule has 0 aliphatic carbocycles. The van der Waals surface area contributed by atoms with Crippen LogP contribution in [0.3, 0.4) is 0 Å². The number of thiazole rings is 1. The van der Waals surface area contributed by atoms with Gasteiger partial charge in [-0.2, -0.15) is 10.1 Å². The van der Waals surface area contributed by atoms with Crippen LogP contribution in [0, 0.1) is 6.92 Å². The van der Waals surface area contributed by atoms with Gasteiger partial charge in [-0.3, -0.25) is 4.79 Å². The molecule has 1 N–H and O–H groups in total. The van der Waals surface area contributed by atoms with Gasteiger partial charge in [0.25, 0.3) is 5.56 Å². The molecule has 22 heavy (non-hydrogen) atoms. The molecule has 0 amide bonds. The first-order valence-corrected chi connectivity index (χ1v) is 7.53. The summed E-state index contributed by atoms with van der Waals surface area (Å²) in [6.07, 6.45) is 0.242. The van der Waals surface area contributed by atoms with Crippen LogP contribution in [0.4, 0.5) is 0 Å². The molecule has 0 aliphatic rings. The highest BCUT2D eigenvalue weighted by Crippen LogP contribution is 2.21. The SMILES string of the molecule is Cc1c(C(=O)O)sc2nc(=O)c(Cc3ccccc3Cl)nn12. The molecule has 1 aromatic carbocycles. The Morgan fingerprint density at radius 1 is 1.41 bits per heavy atom. The normalized spacial score (nSPS) is 11.0. The van der Waals surface area contributed by atoms with Crippen molar-refractivity contribution in [1.82, 2.24) is 14.6 Å². The van der Waals surface area contributed by atoms with Crippen molar-refractivity contribution in [3.63, 3.8) is 0 Å². The van der Waals surface area contributed by atoms with Crippen molar-refractivity contribution in [3.8, 4) is 0 Å². The maximum Gasteiger partial charge on any atom is 0.347 e. The Bertz CT molecular complexity index is 948. The summed E-state index contributed by atoms with van der Waals surface area (Å²) in [4.78, 5) is 27.5. The summed E-state index contributed by atoms with van der Waals surface area (Å²) in [6, 6.07) is 7.17. The van der Waals surface area contributed by atoms with Crippen molar-refractivity contribution >= 4 is 33.9 Å². The molecule has 0 aliphatic heterocycles. The van der Waals surface area contributed by atoms with E-state index in [1.54, 1.807) is 19.1 Å². The molecule has 0 atom stereocenters. The van der Waals surface area contributed by atoms with E-state index in [1.807, 2.05) is 12.1 Å². The number of rotatable bonds is 3. The Balaban J connectivity index is 2.13. The minimum atomic E-state index is -1.06. The lowest BCUT2D eigenvalue weighted by Gasteiger charge is -2.03. The number of hydrogen-bond acceptors (Lipinski definition) is 5. The molecular formula is C14H10ClN3O3S. The highest BCUT2D eigenvalue weighted by Gasteiger charge is 2.18. The van der Waals surface area contributed by atoms with Gasteiger partial charge in [0, 0.05) is 11.4 Å². The predicted molar refractivity (Wildman–Crippen MR) is 83.1 cm³/mol. The molecule has 0 bridgehead atoms. The van der Waals surface area contributed by atoms with Gasteiger partial charge in [-0.05, 0) is 18.6 Å². The lowest BCUT2D eigenvalue weighted by Crippen LogP contribution is -2.18. The number of hydrogen-bond donors (Lipinski definition) is 1. The molecule has 0 spiro atoms. The second-order valence-corrected chi connectivity index (χ2v) is 6.03. The van der Waals surface area contributed by atoms with E-state index < -0.39 is 11.5 Å². The van der Waals surface area contributed by atoms with Crippen molar-refractivity contribution in [2.75, 3.05) is 0 Å². The molecular weight excluding hydrogens is 326 g/mol. The number of aromatic nitrogens is 3. The first-order chi connectivity index (χ1) is 10.5. The first-order valence-electron chi connectivity index (χ1n) is 6.33. The summed E-state index contributed by atoms with van der Waals surface area (Å²) >= 11 is 7.02. The third kappa shape index (κ3) is 2.49. The number of aromatic carboxylic acids is 1.